The summed E-state index contributed by atoms with van der Waals surface area (Å²) in [4.78, 5) is 0. The number of benzene rings is 1. The highest BCUT2D eigenvalue weighted by molar-refractivity contribution is 6.66. The maximum absolute atomic E-state index is 6.08. The molecule has 0 spiro atoms. The van der Waals surface area contributed by atoms with E-state index < -0.39 is 0 Å². The molecular weight excluding hydrogens is 243 g/mol. The number of rotatable bonds is 1. The second-order valence-corrected chi connectivity index (χ2v) is 4.37. The Morgan fingerprint density at radius 1 is 1.19 bits per heavy atom. The van der Waals surface area contributed by atoms with E-state index in [-0.39, 0.29) is 0 Å². The first-order valence-corrected chi connectivity index (χ1v) is 5.64. The van der Waals surface area contributed by atoms with Gasteiger partial charge in [-0.25, -0.2) is 0 Å². The largest absolute Gasteiger partial charge is 0.154 e. The van der Waals surface area contributed by atoms with E-state index in [2.05, 4.69) is 10.2 Å². The van der Waals surface area contributed by atoms with Gasteiger partial charge in [-0.15, -0.1) is 5.10 Å². The fraction of sp³-hybridized carbons (Fsp3) is 0.167. The molecule has 82 valence electrons. The Balaban J connectivity index is 2.36. The van der Waals surface area contributed by atoms with Crippen LogP contribution in [0.1, 0.15) is 18.9 Å². The molecule has 0 unspecified atom stereocenters. The van der Waals surface area contributed by atoms with Crippen LogP contribution in [-0.4, -0.2) is 10.9 Å². The van der Waals surface area contributed by atoms with Crippen molar-refractivity contribution in [3.8, 4) is 0 Å². The maximum Gasteiger partial charge on any atom is 0.133 e. The second-order valence-electron chi connectivity index (χ2n) is 3.53. The van der Waals surface area contributed by atoms with Gasteiger partial charge in [-0.05, 0) is 30.2 Å². The van der Waals surface area contributed by atoms with E-state index in [9.17, 15) is 0 Å². The zero-order valence-corrected chi connectivity index (χ0v) is 10.3. The smallest absolute Gasteiger partial charge is 0.133 e. The quantitative estimate of drug-likeness (QED) is 0.718. The van der Waals surface area contributed by atoms with Gasteiger partial charge in [-0.3, -0.25) is 0 Å². The van der Waals surface area contributed by atoms with Crippen LogP contribution in [0.5, 0.6) is 0 Å². The predicted octanol–water partition coefficient (Wildman–Crippen LogP) is 4.14. The lowest BCUT2D eigenvalue weighted by Gasteiger charge is -2.09. The Morgan fingerprint density at radius 3 is 2.69 bits per heavy atom. The molecule has 16 heavy (non-hydrogen) atoms. The first kappa shape index (κ1) is 11.4. The maximum atomic E-state index is 6.08. The molecule has 0 saturated carbocycles. The van der Waals surface area contributed by atoms with Gasteiger partial charge in [0.1, 0.15) is 5.17 Å². The van der Waals surface area contributed by atoms with Crippen molar-refractivity contribution in [2.45, 2.75) is 13.3 Å². The molecule has 1 aliphatic heterocycles. The van der Waals surface area contributed by atoms with Crippen molar-refractivity contribution in [2.75, 3.05) is 0 Å². The Hall–Kier alpha value is -1.12. The minimum atomic E-state index is 0.504. The predicted molar refractivity (Wildman–Crippen MR) is 70.4 cm³/mol. The van der Waals surface area contributed by atoms with Crippen LogP contribution in [-0.2, 0) is 0 Å². The van der Waals surface area contributed by atoms with Crippen molar-refractivity contribution in [3.63, 3.8) is 0 Å². The number of nitrogens with zero attached hydrogens (tertiary/aromatic N) is 2. The molecule has 4 heteroatoms. The van der Waals surface area contributed by atoms with E-state index in [4.69, 9.17) is 23.2 Å². The van der Waals surface area contributed by atoms with Crippen molar-refractivity contribution in [1.29, 1.82) is 0 Å². The molecule has 0 atom stereocenters. The summed E-state index contributed by atoms with van der Waals surface area (Å²) in [5.74, 6) is 0. The van der Waals surface area contributed by atoms with Crippen molar-refractivity contribution in [1.82, 2.24) is 0 Å². The summed E-state index contributed by atoms with van der Waals surface area (Å²) in [6.45, 7) is 1.91. The highest BCUT2D eigenvalue weighted by Gasteiger charge is 2.11. The molecular formula is C12H10Cl2N2. The third-order valence-electron chi connectivity index (χ3n) is 2.34. The van der Waals surface area contributed by atoms with Crippen molar-refractivity contribution < 1.29 is 0 Å². The molecule has 1 aliphatic rings. The Bertz CT molecular complexity index is 501. The molecule has 0 saturated heterocycles. The molecule has 0 fully saturated rings. The average Bonchev–Trinajstić information content (AvgIpc) is 2.27. The van der Waals surface area contributed by atoms with Crippen molar-refractivity contribution in [2.24, 2.45) is 10.2 Å². The van der Waals surface area contributed by atoms with E-state index in [1.165, 1.54) is 0 Å². The van der Waals surface area contributed by atoms with Gasteiger partial charge in [0.25, 0.3) is 0 Å². The molecule has 0 aliphatic carbocycles. The van der Waals surface area contributed by atoms with Crippen molar-refractivity contribution in [3.05, 3.63) is 40.4 Å². The minimum absolute atomic E-state index is 0.504. The summed E-state index contributed by atoms with van der Waals surface area (Å²) >= 11 is 11.9. The fourth-order valence-corrected chi connectivity index (χ4v) is 1.82. The summed E-state index contributed by atoms with van der Waals surface area (Å²) in [6.07, 6.45) is 2.61. The van der Waals surface area contributed by atoms with Crippen LogP contribution in [0.3, 0.4) is 0 Å². The highest BCUT2D eigenvalue weighted by atomic mass is 35.5. The summed E-state index contributed by atoms with van der Waals surface area (Å²) in [6, 6.07) is 7.67. The molecule has 0 aromatic heterocycles. The number of halogens is 2. The average molecular weight is 253 g/mol. The molecule has 1 heterocycles. The zero-order chi connectivity index (χ0) is 11.5. The van der Waals surface area contributed by atoms with Crippen LogP contribution in [0.2, 0.25) is 5.02 Å². The van der Waals surface area contributed by atoms with E-state index in [0.717, 1.165) is 21.9 Å². The lowest BCUT2D eigenvalue weighted by Crippen LogP contribution is -2.06. The highest BCUT2D eigenvalue weighted by Crippen LogP contribution is 2.22. The lowest BCUT2D eigenvalue weighted by atomic mass is 10.0. The van der Waals surface area contributed by atoms with Crippen LogP contribution in [0, 0.1) is 0 Å². The van der Waals surface area contributed by atoms with Crippen LogP contribution in [0.4, 0.5) is 0 Å². The van der Waals surface area contributed by atoms with Crippen LogP contribution in [0.25, 0.3) is 6.08 Å². The topological polar surface area (TPSA) is 24.7 Å². The summed E-state index contributed by atoms with van der Waals surface area (Å²) < 4.78 is 0. The first-order chi connectivity index (χ1) is 7.66. The van der Waals surface area contributed by atoms with E-state index in [1.54, 1.807) is 0 Å². The second kappa shape index (κ2) is 4.81. The molecule has 2 rings (SSSR count). The van der Waals surface area contributed by atoms with Gasteiger partial charge in [0, 0.05) is 11.4 Å². The lowest BCUT2D eigenvalue weighted by molar-refractivity contribution is 1.17. The van der Waals surface area contributed by atoms with Gasteiger partial charge < -0.3 is 0 Å². The molecule has 0 amide bonds. The Kier molecular flexibility index (Phi) is 3.42. The third-order valence-corrected chi connectivity index (χ3v) is 2.90. The van der Waals surface area contributed by atoms with Gasteiger partial charge in [0.2, 0.25) is 0 Å². The fourth-order valence-electron chi connectivity index (χ4n) is 1.45. The zero-order valence-electron chi connectivity index (χ0n) is 8.74. The van der Waals surface area contributed by atoms with Gasteiger partial charge in [0.15, 0.2) is 0 Å². The molecule has 0 bridgehead atoms. The number of allylic oxidation sites excluding steroid dienone is 1. The van der Waals surface area contributed by atoms with Gasteiger partial charge in [-0.2, -0.15) is 5.10 Å². The molecule has 1 aromatic rings. The summed E-state index contributed by atoms with van der Waals surface area (Å²) in [7, 11) is 0. The molecule has 0 radical (unpaired) electrons. The van der Waals surface area contributed by atoms with Crippen LogP contribution >= 0.6 is 23.2 Å². The van der Waals surface area contributed by atoms with Crippen LogP contribution in [0.15, 0.2) is 40.0 Å². The SMILES string of the molecule is CC1=NN=C(Cl)C/C1=C\c1ccccc1Cl. The van der Waals surface area contributed by atoms with E-state index >= 15 is 0 Å². The monoisotopic (exact) mass is 252 g/mol. The van der Waals surface area contributed by atoms with Crippen molar-refractivity contribution >= 4 is 40.2 Å². The van der Waals surface area contributed by atoms with Gasteiger partial charge >= 0.3 is 0 Å². The van der Waals surface area contributed by atoms with Crippen LogP contribution < -0.4 is 0 Å². The summed E-state index contributed by atoms with van der Waals surface area (Å²) in [5.41, 5.74) is 2.90. The Labute approximate surface area is 104 Å². The first-order valence-electron chi connectivity index (χ1n) is 4.89. The standard InChI is InChI=1S/C12H10Cl2N2/c1-8-10(7-12(14)16-15-8)6-9-4-2-3-5-11(9)13/h2-6H,7H2,1H3/b10-6+. The van der Waals surface area contributed by atoms with E-state index in [0.29, 0.717) is 11.6 Å². The van der Waals surface area contributed by atoms with Gasteiger partial charge in [0.05, 0.1) is 5.71 Å². The normalized spacial score (nSPS) is 18.3. The number of hydrogen-bond acceptors (Lipinski definition) is 2. The molecule has 2 nitrogen and oxygen atoms in total. The summed E-state index contributed by atoms with van der Waals surface area (Å²) in [5, 5.41) is 9.03. The third kappa shape index (κ3) is 2.52. The number of hydrogen-bond donors (Lipinski definition) is 0. The molecule has 0 N–H and O–H groups in total. The Morgan fingerprint density at radius 2 is 1.94 bits per heavy atom. The molecule has 1 aromatic carbocycles. The minimum Gasteiger partial charge on any atom is -0.154 e. The van der Waals surface area contributed by atoms with E-state index in [1.807, 2.05) is 37.3 Å². The van der Waals surface area contributed by atoms with Gasteiger partial charge in [-0.1, -0.05) is 41.4 Å².